The molecule has 11 heavy (non-hydrogen) atoms. The van der Waals surface area contributed by atoms with Crippen LogP contribution >= 0.6 is 0 Å². The maximum Gasteiger partial charge on any atom is -0.00222 e. The van der Waals surface area contributed by atoms with E-state index in [9.17, 15) is 0 Å². The van der Waals surface area contributed by atoms with Crippen LogP contribution in [0.5, 0.6) is 0 Å². The molecule has 0 spiro atoms. The molecule has 1 fully saturated rings. The normalized spacial score (nSPS) is 21.0. The lowest BCUT2D eigenvalue weighted by Gasteiger charge is -2.22. The second kappa shape index (κ2) is 4.76. The molecule has 0 heterocycles. The molecule has 0 aromatic carbocycles. The molecule has 1 nitrogen and oxygen atoms in total. The predicted octanol–water partition coefficient (Wildman–Crippen LogP) is 2.52. The Balaban J connectivity index is 2.05. The molecule has 1 heteroatoms. The van der Waals surface area contributed by atoms with Crippen molar-refractivity contribution in [2.24, 2.45) is 5.92 Å². The van der Waals surface area contributed by atoms with Crippen molar-refractivity contribution in [1.82, 2.24) is 4.90 Å². The third-order valence-corrected chi connectivity index (χ3v) is 2.71. The fourth-order valence-corrected chi connectivity index (χ4v) is 1.92. The molecule has 0 bridgehead atoms. The first-order chi connectivity index (χ1) is 5.29. The van der Waals surface area contributed by atoms with E-state index >= 15 is 0 Å². The lowest BCUT2D eigenvalue weighted by atomic mass is 9.87. The third kappa shape index (κ3) is 3.76. The summed E-state index contributed by atoms with van der Waals surface area (Å²) in [7, 11) is 4.34. The van der Waals surface area contributed by atoms with Crippen molar-refractivity contribution in [3.63, 3.8) is 0 Å². The van der Waals surface area contributed by atoms with Crippen molar-refractivity contribution in [2.45, 2.75) is 38.5 Å². The van der Waals surface area contributed by atoms with E-state index in [2.05, 4.69) is 19.0 Å². The van der Waals surface area contributed by atoms with Gasteiger partial charge in [0.15, 0.2) is 0 Å². The van der Waals surface area contributed by atoms with Crippen LogP contribution in [-0.2, 0) is 0 Å². The van der Waals surface area contributed by atoms with Crippen molar-refractivity contribution >= 4 is 0 Å². The average Bonchev–Trinajstić information content (AvgIpc) is 2.03. The lowest BCUT2D eigenvalue weighted by molar-refractivity contribution is 0.291. The highest BCUT2D eigenvalue weighted by Crippen LogP contribution is 2.25. The Morgan fingerprint density at radius 2 is 1.73 bits per heavy atom. The van der Waals surface area contributed by atoms with Gasteiger partial charge in [0.05, 0.1) is 0 Å². The van der Waals surface area contributed by atoms with Crippen LogP contribution in [0.3, 0.4) is 0 Å². The van der Waals surface area contributed by atoms with Crippen LogP contribution in [0.25, 0.3) is 0 Å². The van der Waals surface area contributed by atoms with Crippen LogP contribution in [-0.4, -0.2) is 25.5 Å². The first kappa shape index (κ1) is 9.05. The minimum Gasteiger partial charge on any atom is -0.309 e. The molecule has 0 unspecified atom stereocenters. The van der Waals surface area contributed by atoms with Gasteiger partial charge in [-0.2, -0.15) is 0 Å². The molecule has 1 rings (SSSR count). The Morgan fingerprint density at radius 3 is 2.27 bits per heavy atom. The zero-order valence-electron chi connectivity index (χ0n) is 7.97. The fraction of sp³-hybridized carbons (Fsp3) is 1.00. The van der Waals surface area contributed by atoms with E-state index in [1.54, 1.807) is 0 Å². The average molecular weight is 155 g/mol. The van der Waals surface area contributed by atoms with Gasteiger partial charge in [0.1, 0.15) is 0 Å². The molecule has 0 aromatic heterocycles. The predicted molar refractivity (Wildman–Crippen MR) is 49.7 cm³/mol. The maximum absolute atomic E-state index is 2.30. The smallest absolute Gasteiger partial charge is 0.00222 e. The van der Waals surface area contributed by atoms with E-state index in [4.69, 9.17) is 0 Å². The largest absolute Gasteiger partial charge is 0.309 e. The molecule has 0 radical (unpaired) electrons. The number of rotatable bonds is 3. The Morgan fingerprint density at radius 1 is 1.09 bits per heavy atom. The molecule has 0 amide bonds. The van der Waals surface area contributed by atoms with Gasteiger partial charge in [-0.25, -0.2) is 0 Å². The van der Waals surface area contributed by atoms with E-state index in [0.29, 0.717) is 0 Å². The highest BCUT2D eigenvalue weighted by Gasteiger charge is 2.12. The summed E-state index contributed by atoms with van der Waals surface area (Å²) in [6, 6.07) is 0. The maximum atomic E-state index is 2.30. The second-order valence-corrected chi connectivity index (χ2v) is 4.10. The zero-order valence-corrected chi connectivity index (χ0v) is 7.97. The number of hydrogen-bond acceptors (Lipinski definition) is 1. The van der Waals surface area contributed by atoms with Crippen LogP contribution in [0.1, 0.15) is 38.5 Å². The molecular weight excluding hydrogens is 134 g/mol. The van der Waals surface area contributed by atoms with E-state index in [1.807, 2.05) is 0 Å². The number of nitrogens with zero attached hydrogens (tertiary/aromatic N) is 1. The second-order valence-electron chi connectivity index (χ2n) is 4.10. The highest BCUT2D eigenvalue weighted by molar-refractivity contribution is 4.66. The summed E-state index contributed by atoms with van der Waals surface area (Å²) in [4.78, 5) is 2.30. The zero-order chi connectivity index (χ0) is 8.10. The molecule has 1 saturated carbocycles. The summed E-state index contributed by atoms with van der Waals surface area (Å²) in [5.41, 5.74) is 0. The van der Waals surface area contributed by atoms with Gasteiger partial charge in [-0.05, 0) is 33.0 Å². The van der Waals surface area contributed by atoms with E-state index in [0.717, 1.165) is 5.92 Å². The standard InChI is InChI=1S/C10H21N/c1-11(2)9-8-10-6-4-3-5-7-10/h10H,3-9H2,1-2H3. The monoisotopic (exact) mass is 155 g/mol. The van der Waals surface area contributed by atoms with Crippen molar-refractivity contribution in [2.75, 3.05) is 20.6 Å². The summed E-state index contributed by atoms with van der Waals surface area (Å²) in [5.74, 6) is 1.05. The van der Waals surface area contributed by atoms with Crippen LogP contribution in [0.15, 0.2) is 0 Å². The van der Waals surface area contributed by atoms with Gasteiger partial charge >= 0.3 is 0 Å². The summed E-state index contributed by atoms with van der Waals surface area (Å²) >= 11 is 0. The van der Waals surface area contributed by atoms with Crippen LogP contribution in [0.2, 0.25) is 0 Å². The van der Waals surface area contributed by atoms with Crippen LogP contribution < -0.4 is 0 Å². The van der Waals surface area contributed by atoms with Crippen LogP contribution in [0.4, 0.5) is 0 Å². The Bertz CT molecular complexity index is 93.0. The Hall–Kier alpha value is -0.0400. The fourth-order valence-electron chi connectivity index (χ4n) is 1.92. The van der Waals surface area contributed by atoms with Gasteiger partial charge in [-0.1, -0.05) is 32.1 Å². The minimum atomic E-state index is 1.05. The first-order valence-corrected chi connectivity index (χ1v) is 4.94. The third-order valence-electron chi connectivity index (χ3n) is 2.71. The molecule has 0 saturated heterocycles. The molecule has 66 valence electrons. The van der Waals surface area contributed by atoms with Gasteiger partial charge < -0.3 is 4.90 Å². The van der Waals surface area contributed by atoms with Gasteiger partial charge in [-0.3, -0.25) is 0 Å². The van der Waals surface area contributed by atoms with E-state index in [1.165, 1.54) is 45.1 Å². The minimum absolute atomic E-state index is 1.05. The van der Waals surface area contributed by atoms with Gasteiger partial charge in [-0.15, -0.1) is 0 Å². The van der Waals surface area contributed by atoms with Crippen molar-refractivity contribution in [1.29, 1.82) is 0 Å². The van der Waals surface area contributed by atoms with Crippen LogP contribution in [0, 0.1) is 5.92 Å². The van der Waals surface area contributed by atoms with Gasteiger partial charge in [0.25, 0.3) is 0 Å². The van der Waals surface area contributed by atoms with Crippen molar-refractivity contribution < 1.29 is 0 Å². The molecule has 0 atom stereocenters. The van der Waals surface area contributed by atoms with E-state index in [-0.39, 0.29) is 0 Å². The SMILES string of the molecule is CN(C)CCC1CCCCC1. The van der Waals surface area contributed by atoms with Gasteiger partial charge in [0.2, 0.25) is 0 Å². The van der Waals surface area contributed by atoms with Gasteiger partial charge in [0, 0.05) is 0 Å². The first-order valence-electron chi connectivity index (χ1n) is 4.94. The molecule has 0 N–H and O–H groups in total. The number of hydrogen-bond donors (Lipinski definition) is 0. The lowest BCUT2D eigenvalue weighted by Crippen LogP contribution is -2.18. The Labute approximate surface area is 70.8 Å². The summed E-state index contributed by atoms with van der Waals surface area (Å²) in [6.07, 6.45) is 8.86. The summed E-state index contributed by atoms with van der Waals surface area (Å²) in [6.45, 7) is 1.28. The summed E-state index contributed by atoms with van der Waals surface area (Å²) < 4.78 is 0. The topological polar surface area (TPSA) is 3.24 Å². The molecule has 1 aliphatic carbocycles. The van der Waals surface area contributed by atoms with Crippen molar-refractivity contribution in [3.05, 3.63) is 0 Å². The summed E-state index contributed by atoms with van der Waals surface area (Å²) in [5, 5.41) is 0. The Kier molecular flexibility index (Phi) is 3.92. The molecule has 0 aliphatic heterocycles. The van der Waals surface area contributed by atoms with E-state index < -0.39 is 0 Å². The highest BCUT2D eigenvalue weighted by atomic mass is 15.0. The quantitative estimate of drug-likeness (QED) is 0.605. The molecule has 0 aromatic rings. The molecule has 1 aliphatic rings. The molecular formula is C10H21N. The van der Waals surface area contributed by atoms with Crippen molar-refractivity contribution in [3.8, 4) is 0 Å².